The molecule has 2 N–H and O–H groups in total. The summed E-state index contributed by atoms with van der Waals surface area (Å²) in [4.78, 5) is 0. The molecule has 0 radical (unpaired) electrons. The van der Waals surface area contributed by atoms with Gasteiger partial charge in [0.15, 0.2) is 0 Å². The Morgan fingerprint density at radius 1 is 1.18 bits per heavy atom. The smallest absolute Gasteiger partial charge is 0.0294 e. The van der Waals surface area contributed by atoms with Gasteiger partial charge in [0.05, 0.1) is 0 Å². The van der Waals surface area contributed by atoms with Gasteiger partial charge in [0, 0.05) is 6.04 Å². The maximum absolute atomic E-state index is 6.24. The molecular formula is C16H27N. The Kier molecular flexibility index (Phi) is 6.28. The SMILES string of the molecule is CCCCCC(N)c1cccc(CC(C)C)c1. The average molecular weight is 233 g/mol. The Labute approximate surface area is 106 Å². The Balaban J connectivity index is 2.57. The fourth-order valence-corrected chi connectivity index (χ4v) is 2.20. The molecule has 1 rings (SSSR count). The summed E-state index contributed by atoms with van der Waals surface area (Å²) in [5.74, 6) is 0.710. The summed E-state index contributed by atoms with van der Waals surface area (Å²) < 4.78 is 0. The predicted octanol–water partition coefficient (Wildman–Crippen LogP) is 4.47. The molecule has 0 spiro atoms. The van der Waals surface area contributed by atoms with Crippen LogP contribution in [-0.2, 0) is 6.42 Å². The van der Waals surface area contributed by atoms with Crippen LogP contribution in [0.15, 0.2) is 24.3 Å². The highest BCUT2D eigenvalue weighted by Gasteiger charge is 2.06. The quantitative estimate of drug-likeness (QED) is 0.691. The van der Waals surface area contributed by atoms with Crippen molar-refractivity contribution in [2.24, 2.45) is 11.7 Å². The van der Waals surface area contributed by atoms with Gasteiger partial charge in [-0.15, -0.1) is 0 Å². The molecule has 0 aliphatic rings. The summed E-state index contributed by atoms with van der Waals surface area (Å²) in [7, 11) is 0. The molecule has 1 nitrogen and oxygen atoms in total. The second-order valence-electron chi connectivity index (χ2n) is 5.45. The third-order valence-electron chi connectivity index (χ3n) is 3.14. The molecule has 0 saturated heterocycles. The van der Waals surface area contributed by atoms with E-state index in [9.17, 15) is 0 Å². The van der Waals surface area contributed by atoms with Crippen molar-refractivity contribution in [2.75, 3.05) is 0 Å². The first-order valence-electron chi connectivity index (χ1n) is 6.98. The van der Waals surface area contributed by atoms with Crippen molar-refractivity contribution in [2.45, 2.75) is 58.9 Å². The van der Waals surface area contributed by atoms with Gasteiger partial charge in [-0.25, -0.2) is 0 Å². The van der Waals surface area contributed by atoms with Gasteiger partial charge in [0.2, 0.25) is 0 Å². The highest BCUT2D eigenvalue weighted by molar-refractivity contribution is 5.26. The summed E-state index contributed by atoms with van der Waals surface area (Å²) in [6.07, 6.45) is 6.06. The zero-order chi connectivity index (χ0) is 12.7. The van der Waals surface area contributed by atoms with E-state index < -0.39 is 0 Å². The Bertz CT molecular complexity index is 317. The molecule has 1 heteroatoms. The normalized spacial score (nSPS) is 13.0. The molecule has 1 aromatic rings. The van der Waals surface area contributed by atoms with E-state index in [1.165, 1.54) is 30.4 Å². The van der Waals surface area contributed by atoms with Crippen molar-refractivity contribution in [3.8, 4) is 0 Å². The summed E-state index contributed by atoms with van der Waals surface area (Å²) in [5.41, 5.74) is 8.96. The zero-order valence-corrected chi connectivity index (χ0v) is 11.6. The lowest BCUT2D eigenvalue weighted by Crippen LogP contribution is -2.10. The van der Waals surface area contributed by atoms with E-state index in [4.69, 9.17) is 5.73 Å². The molecule has 0 amide bonds. The Hall–Kier alpha value is -0.820. The Morgan fingerprint density at radius 2 is 1.94 bits per heavy atom. The van der Waals surface area contributed by atoms with Crippen LogP contribution in [0.5, 0.6) is 0 Å². The first-order valence-corrected chi connectivity index (χ1v) is 6.98. The minimum Gasteiger partial charge on any atom is -0.324 e. The largest absolute Gasteiger partial charge is 0.324 e. The first-order chi connectivity index (χ1) is 8.13. The topological polar surface area (TPSA) is 26.0 Å². The van der Waals surface area contributed by atoms with E-state index in [0.29, 0.717) is 5.92 Å². The van der Waals surface area contributed by atoms with E-state index in [1.54, 1.807) is 0 Å². The van der Waals surface area contributed by atoms with Crippen molar-refractivity contribution in [3.63, 3.8) is 0 Å². The lowest BCUT2D eigenvalue weighted by molar-refractivity contribution is 0.579. The summed E-state index contributed by atoms with van der Waals surface area (Å²) in [6.45, 7) is 6.75. The van der Waals surface area contributed by atoms with Crippen molar-refractivity contribution < 1.29 is 0 Å². The third-order valence-corrected chi connectivity index (χ3v) is 3.14. The molecule has 0 bridgehead atoms. The summed E-state index contributed by atoms with van der Waals surface area (Å²) >= 11 is 0. The van der Waals surface area contributed by atoms with Crippen molar-refractivity contribution in [1.29, 1.82) is 0 Å². The molecular weight excluding hydrogens is 206 g/mol. The fraction of sp³-hybridized carbons (Fsp3) is 0.625. The van der Waals surface area contributed by atoms with Gasteiger partial charge >= 0.3 is 0 Å². The number of benzene rings is 1. The van der Waals surface area contributed by atoms with E-state index in [1.807, 2.05) is 0 Å². The zero-order valence-electron chi connectivity index (χ0n) is 11.6. The predicted molar refractivity (Wildman–Crippen MR) is 76.1 cm³/mol. The second kappa shape index (κ2) is 7.50. The number of hydrogen-bond acceptors (Lipinski definition) is 1. The molecule has 0 aliphatic heterocycles. The molecule has 96 valence electrons. The number of rotatable bonds is 7. The van der Waals surface area contributed by atoms with E-state index in [2.05, 4.69) is 45.0 Å². The molecule has 0 heterocycles. The van der Waals surface area contributed by atoms with Crippen LogP contribution in [0.4, 0.5) is 0 Å². The summed E-state index contributed by atoms with van der Waals surface area (Å²) in [5, 5.41) is 0. The van der Waals surface area contributed by atoms with Crippen LogP contribution in [0.25, 0.3) is 0 Å². The molecule has 1 unspecified atom stereocenters. The second-order valence-corrected chi connectivity index (χ2v) is 5.45. The van der Waals surface area contributed by atoms with Gasteiger partial charge < -0.3 is 5.73 Å². The number of nitrogens with two attached hydrogens (primary N) is 1. The van der Waals surface area contributed by atoms with Crippen molar-refractivity contribution in [3.05, 3.63) is 35.4 Å². The molecule has 0 saturated carbocycles. The van der Waals surface area contributed by atoms with E-state index >= 15 is 0 Å². The average Bonchev–Trinajstić information content (AvgIpc) is 2.28. The highest BCUT2D eigenvalue weighted by Crippen LogP contribution is 2.19. The van der Waals surface area contributed by atoms with Crippen LogP contribution in [-0.4, -0.2) is 0 Å². The van der Waals surface area contributed by atoms with Gasteiger partial charge in [-0.1, -0.05) is 64.3 Å². The van der Waals surface area contributed by atoms with Crippen molar-refractivity contribution >= 4 is 0 Å². The van der Waals surface area contributed by atoms with Crippen LogP contribution >= 0.6 is 0 Å². The molecule has 0 aromatic heterocycles. The van der Waals surface area contributed by atoms with E-state index in [0.717, 1.165) is 12.8 Å². The van der Waals surface area contributed by atoms with Crippen LogP contribution < -0.4 is 5.73 Å². The van der Waals surface area contributed by atoms with Gasteiger partial charge in [-0.3, -0.25) is 0 Å². The molecule has 1 atom stereocenters. The Morgan fingerprint density at radius 3 is 2.59 bits per heavy atom. The van der Waals surface area contributed by atoms with Crippen LogP contribution in [0.2, 0.25) is 0 Å². The maximum atomic E-state index is 6.24. The maximum Gasteiger partial charge on any atom is 0.0294 e. The molecule has 17 heavy (non-hydrogen) atoms. The first kappa shape index (κ1) is 14.2. The minimum absolute atomic E-state index is 0.216. The van der Waals surface area contributed by atoms with Gasteiger partial charge in [-0.2, -0.15) is 0 Å². The van der Waals surface area contributed by atoms with Gasteiger partial charge in [-0.05, 0) is 29.9 Å². The van der Waals surface area contributed by atoms with Crippen LogP contribution in [0, 0.1) is 5.92 Å². The fourth-order valence-electron chi connectivity index (χ4n) is 2.20. The lowest BCUT2D eigenvalue weighted by atomic mass is 9.96. The minimum atomic E-state index is 0.216. The third kappa shape index (κ3) is 5.36. The summed E-state index contributed by atoms with van der Waals surface area (Å²) in [6, 6.07) is 9.03. The monoisotopic (exact) mass is 233 g/mol. The van der Waals surface area contributed by atoms with Gasteiger partial charge in [0.25, 0.3) is 0 Å². The molecule has 1 aromatic carbocycles. The molecule has 0 fully saturated rings. The lowest BCUT2D eigenvalue weighted by Gasteiger charge is -2.14. The highest BCUT2D eigenvalue weighted by atomic mass is 14.6. The van der Waals surface area contributed by atoms with Crippen LogP contribution in [0.3, 0.4) is 0 Å². The van der Waals surface area contributed by atoms with Gasteiger partial charge in [0.1, 0.15) is 0 Å². The standard InChI is InChI=1S/C16H27N/c1-4-5-6-10-16(17)15-9-7-8-14(12-15)11-13(2)3/h7-9,12-13,16H,4-6,10-11,17H2,1-3H3. The molecule has 0 aliphatic carbocycles. The van der Waals surface area contributed by atoms with Crippen molar-refractivity contribution in [1.82, 2.24) is 0 Å². The van der Waals surface area contributed by atoms with E-state index in [-0.39, 0.29) is 6.04 Å². The number of hydrogen-bond donors (Lipinski definition) is 1. The number of unbranched alkanes of at least 4 members (excludes halogenated alkanes) is 2. The van der Waals surface area contributed by atoms with Crippen LogP contribution in [0.1, 0.15) is 63.6 Å².